The van der Waals surface area contributed by atoms with Gasteiger partial charge in [-0.3, -0.25) is 0 Å². The Morgan fingerprint density at radius 2 is 2.11 bits per heavy atom. The van der Waals surface area contributed by atoms with E-state index in [2.05, 4.69) is 11.6 Å². The van der Waals surface area contributed by atoms with Gasteiger partial charge in [0.2, 0.25) is 10.0 Å². The number of sulfonamides is 1. The molecule has 7 heteroatoms. The molecule has 1 aromatic carbocycles. The lowest BCUT2D eigenvalue weighted by Crippen LogP contribution is -2.40. The fourth-order valence-corrected chi connectivity index (χ4v) is 3.18. The summed E-state index contributed by atoms with van der Waals surface area (Å²) in [7, 11) is -3.54. The predicted molar refractivity (Wildman–Crippen MR) is 81.4 cm³/mol. The summed E-state index contributed by atoms with van der Waals surface area (Å²) in [4.78, 5) is 0.171. The van der Waals surface area contributed by atoms with Gasteiger partial charge in [-0.1, -0.05) is 37.4 Å². The maximum Gasteiger partial charge on any atom is 0.240 e. The van der Waals surface area contributed by atoms with Gasteiger partial charge in [-0.2, -0.15) is 0 Å². The highest BCUT2D eigenvalue weighted by Gasteiger charge is 2.18. The molecule has 0 fully saturated rings. The molecule has 4 nitrogen and oxygen atoms in total. The number of nitrogens with two attached hydrogens (primary N) is 1. The van der Waals surface area contributed by atoms with Crippen molar-refractivity contribution in [1.82, 2.24) is 4.72 Å². The molecule has 0 aliphatic carbocycles. The number of halogens is 2. The third-order valence-electron chi connectivity index (χ3n) is 2.62. The molecule has 3 N–H and O–H groups in total. The van der Waals surface area contributed by atoms with Gasteiger partial charge in [-0.15, -0.1) is 12.4 Å². The Bertz CT molecular complexity index is 480. The van der Waals surface area contributed by atoms with Crippen LogP contribution in [0.3, 0.4) is 0 Å². The van der Waals surface area contributed by atoms with Crippen LogP contribution in [0.5, 0.6) is 0 Å². The summed E-state index contributed by atoms with van der Waals surface area (Å²) in [6.45, 7) is 2.35. The van der Waals surface area contributed by atoms with Crippen LogP contribution in [-0.4, -0.2) is 21.0 Å². The SMILES string of the molecule is CCCCC(CN)NS(=O)(=O)c1cccc(Cl)c1.Cl. The van der Waals surface area contributed by atoms with Crippen LogP contribution in [0.25, 0.3) is 0 Å². The van der Waals surface area contributed by atoms with Crippen molar-refractivity contribution in [2.24, 2.45) is 5.73 Å². The van der Waals surface area contributed by atoms with Crippen molar-refractivity contribution in [3.05, 3.63) is 29.3 Å². The van der Waals surface area contributed by atoms with Crippen molar-refractivity contribution in [1.29, 1.82) is 0 Å². The van der Waals surface area contributed by atoms with E-state index in [1.807, 2.05) is 0 Å². The van der Waals surface area contributed by atoms with Crippen LogP contribution in [0.1, 0.15) is 26.2 Å². The minimum atomic E-state index is -3.54. The molecule has 1 rings (SSSR count). The van der Waals surface area contributed by atoms with Gasteiger partial charge in [0.25, 0.3) is 0 Å². The summed E-state index contributed by atoms with van der Waals surface area (Å²) in [5.41, 5.74) is 5.58. The van der Waals surface area contributed by atoms with Gasteiger partial charge in [0, 0.05) is 17.6 Å². The minimum Gasteiger partial charge on any atom is -0.329 e. The van der Waals surface area contributed by atoms with Gasteiger partial charge in [0.15, 0.2) is 0 Å². The number of benzene rings is 1. The molecule has 0 saturated carbocycles. The van der Waals surface area contributed by atoms with Gasteiger partial charge >= 0.3 is 0 Å². The zero-order valence-corrected chi connectivity index (χ0v) is 13.2. The first kappa shape index (κ1) is 18.7. The Morgan fingerprint density at radius 1 is 1.42 bits per heavy atom. The summed E-state index contributed by atoms with van der Waals surface area (Å²) in [5, 5.41) is 0.399. The smallest absolute Gasteiger partial charge is 0.240 e. The third kappa shape index (κ3) is 6.10. The van der Waals surface area contributed by atoms with Crippen LogP contribution in [0.4, 0.5) is 0 Å². The number of nitrogens with one attached hydrogen (secondary N) is 1. The largest absolute Gasteiger partial charge is 0.329 e. The van der Waals surface area contributed by atoms with Crippen LogP contribution in [-0.2, 0) is 10.0 Å². The van der Waals surface area contributed by atoms with Gasteiger partial charge in [-0.05, 0) is 24.6 Å². The molecule has 0 aromatic heterocycles. The van der Waals surface area contributed by atoms with Crippen LogP contribution in [0.15, 0.2) is 29.2 Å². The monoisotopic (exact) mass is 326 g/mol. The molecule has 0 amide bonds. The van der Waals surface area contributed by atoms with Crippen molar-refractivity contribution >= 4 is 34.0 Å². The fraction of sp³-hybridized carbons (Fsp3) is 0.500. The second-order valence-electron chi connectivity index (χ2n) is 4.15. The van der Waals surface area contributed by atoms with E-state index in [1.54, 1.807) is 12.1 Å². The fourth-order valence-electron chi connectivity index (χ4n) is 1.60. The Balaban J connectivity index is 0.00000324. The lowest BCUT2D eigenvalue weighted by atomic mass is 10.1. The van der Waals surface area contributed by atoms with E-state index < -0.39 is 10.0 Å². The summed E-state index contributed by atoms with van der Waals surface area (Å²) in [5.74, 6) is 0. The number of hydrogen-bond donors (Lipinski definition) is 2. The quantitative estimate of drug-likeness (QED) is 0.808. The van der Waals surface area contributed by atoms with Crippen molar-refractivity contribution in [3.63, 3.8) is 0 Å². The van der Waals surface area contributed by atoms with Crippen molar-refractivity contribution in [2.45, 2.75) is 37.1 Å². The number of rotatable bonds is 7. The topological polar surface area (TPSA) is 72.2 Å². The van der Waals surface area contributed by atoms with E-state index in [9.17, 15) is 8.42 Å². The molecule has 19 heavy (non-hydrogen) atoms. The first-order valence-electron chi connectivity index (χ1n) is 5.97. The molecule has 0 aliphatic rings. The maximum atomic E-state index is 12.1. The van der Waals surface area contributed by atoms with Gasteiger partial charge in [0.05, 0.1) is 4.90 Å². The first-order valence-corrected chi connectivity index (χ1v) is 7.83. The maximum absolute atomic E-state index is 12.1. The molecule has 0 saturated heterocycles. The Kier molecular flexibility index (Phi) is 8.61. The standard InChI is InChI=1S/C12H19ClN2O2S.ClH/c1-2-3-6-11(9-14)15-18(16,17)12-7-4-5-10(13)8-12;/h4-5,7-8,11,15H,2-3,6,9,14H2,1H3;1H. The first-order chi connectivity index (χ1) is 8.49. The van der Waals surface area contributed by atoms with E-state index in [4.69, 9.17) is 17.3 Å². The van der Waals surface area contributed by atoms with Gasteiger partial charge in [0.1, 0.15) is 0 Å². The molecular formula is C12H20Cl2N2O2S. The summed E-state index contributed by atoms with van der Waals surface area (Å²) in [6, 6.07) is 5.96. The normalized spacial score (nSPS) is 12.8. The molecule has 110 valence electrons. The van der Waals surface area contributed by atoms with Crippen LogP contribution >= 0.6 is 24.0 Å². The minimum absolute atomic E-state index is 0. The van der Waals surface area contributed by atoms with Crippen molar-refractivity contribution in [2.75, 3.05) is 6.54 Å². The Labute approximate surface area is 126 Å². The number of unbranched alkanes of at least 4 members (excludes halogenated alkanes) is 1. The van der Waals surface area contributed by atoms with E-state index >= 15 is 0 Å². The highest BCUT2D eigenvalue weighted by molar-refractivity contribution is 7.89. The average molecular weight is 327 g/mol. The molecule has 0 spiro atoms. The Morgan fingerprint density at radius 3 is 2.63 bits per heavy atom. The molecule has 0 radical (unpaired) electrons. The third-order valence-corrected chi connectivity index (χ3v) is 4.37. The van der Waals surface area contributed by atoms with Crippen LogP contribution in [0, 0.1) is 0 Å². The summed E-state index contributed by atoms with van der Waals surface area (Å²) < 4.78 is 26.8. The van der Waals surface area contributed by atoms with Crippen molar-refractivity contribution in [3.8, 4) is 0 Å². The molecular weight excluding hydrogens is 307 g/mol. The average Bonchev–Trinajstić information content (AvgIpc) is 2.34. The molecule has 1 atom stereocenters. The highest BCUT2D eigenvalue weighted by Crippen LogP contribution is 2.16. The van der Waals surface area contributed by atoms with Crippen LogP contribution < -0.4 is 10.5 Å². The van der Waals surface area contributed by atoms with Gasteiger partial charge in [-0.25, -0.2) is 13.1 Å². The van der Waals surface area contributed by atoms with Gasteiger partial charge < -0.3 is 5.73 Å². The lowest BCUT2D eigenvalue weighted by molar-refractivity contribution is 0.516. The lowest BCUT2D eigenvalue weighted by Gasteiger charge is -2.16. The summed E-state index contributed by atoms with van der Waals surface area (Å²) in [6.07, 6.45) is 2.70. The zero-order valence-electron chi connectivity index (χ0n) is 10.8. The van der Waals surface area contributed by atoms with E-state index in [-0.39, 0.29) is 23.3 Å². The molecule has 0 aliphatic heterocycles. The Hall–Kier alpha value is -0.330. The molecule has 1 aromatic rings. The molecule has 0 bridgehead atoms. The summed E-state index contributed by atoms with van der Waals surface area (Å²) >= 11 is 5.79. The van der Waals surface area contributed by atoms with Crippen molar-refractivity contribution < 1.29 is 8.42 Å². The van der Waals surface area contributed by atoms with E-state index in [0.717, 1.165) is 19.3 Å². The van der Waals surface area contributed by atoms with E-state index in [0.29, 0.717) is 11.6 Å². The molecule has 0 heterocycles. The predicted octanol–water partition coefficient (Wildman–Crippen LogP) is 2.56. The number of hydrogen-bond acceptors (Lipinski definition) is 3. The second kappa shape index (κ2) is 8.76. The second-order valence-corrected chi connectivity index (χ2v) is 6.30. The zero-order chi connectivity index (χ0) is 13.6. The highest BCUT2D eigenvalue weighted by atomic mass is 35.5. The van der Waals surface area contributed by atoms with Crippen LogP contribution in [0.2, 0.25) is 5.02 Å². The molecule has 1 unspecified atom stereocenters. The van der Waals surface area contributed by atoms with E-state index in [1.165, 1.54) is 12.1 Å².